The smallest absolute Gasteiger partial charge is 1.00 e. The number of rotatable bonds is 9. The van der Waals surface area contributed by atoms with Gasteiger partial charge in [-0.3, -0.25) is 0 Å². The molecular formula is C12H27GeI. The van der Waals surface area contributed by atoms with E-state index in [4.69, 9.17) is 0 Å². The van der Waals surface area contributed by atoms with Crippen LogP contribution in [-0.2, 0) is 0 Å². The maximum absolute atomic E-state index is 2.33. The van der Waals surface area contributed by atoms with E-state index < -0.39 is 14.3 Å². The second-order valence-corrected chi connectivity index (χ2v) is 10.4. The molecule has 0 aromatic heterocycles. The Morgan fingerprint density at radius 3 is 1.14 bits per heavy atom. The van der Waals surface area contributed by atoms with Crippen LogP contribution in [0, 0.1) is 0 Å². The Balaban J connectivity index is 0. The Morgan fingerprint density at radius 1 is 0.643 bits per heavy atom. The third-order valence-electron chi connectivity index (χ3n) is 2.65. The van der Waals surface area contributed by atoms with Gasteiger partial charge >= 0.3 is 89.4 Å². The Kier molecular flexibility index (Phi) is 18.0. The molecule has 0 nitrogen and oxygen atoms in total. The summed E-state index contributed by atoms with van der Waals surface area (Å²) >= 11 is -0.552. The van der Waals surface area contributed by atoms with Crippen molar-refractivity contribution in [1.82, 2.24) is 0 Å². The summed E-state index contributed by atoms with van der Waals surface area (Å²) in [6.45, 7) is 6.99. The summed E-state index contributed by atoms with van der Waals surface area (Å²) in [5, 5.41) is 4.95. The van der Waals surface area contributed by atoms with Crippen LogP contribution < -0.4 is 24.0 Å². The van der Waals surface area contributed by atoms with Gasteiger partial charge in [0, 0.05) is 0 Å². The number of hydrogen-bond donors (Lipinski definition) is 0. The topological polar surface area (TPSA) is 0 Å². The standard InChI is InChI=1S/C12H27Ge.HI/c1-4-7-10-13(11-8-5-2)12-9-6-3;/h4-12H2,1-3H3;1H/q+1;/p-1. The van der Waals surface area contributed by atoms with Gasteiger partial charge in [-0.15, -0.1) is 0 Å². The molecule has 0 bridgehead atoms. The molecule has 0 aliphatic heterocycles. The summed E-state index contributed by atoms with van der Waals surface area (Å²) < 4.78 is 0. The molecule has 0 aliphatic rings. The largest absolute Gasteiger partial charge is 1.00 e. The Morgan fingerprint density at radius 2 is 0.929 bits per heavy atom. The van der Waals surface area contributed by atoms with Gasteiger partial charge in [0.15, 0.2) is 0 Å². The first-order valence-corrected chi connectivity index (χ1v) is 10.6. The molecule has 0 unspecified atom stereocenters. The zero-order chi connectivity index (χ0) is 9.94. The van der Waals surface area contributed by atoms with Gasteiger partial charge in [-0.05, 0) is 0 Å². The average molecular weight is 371 g/mol. The molecule has 86 valence electrons. The van der Waals surface area contributed by atoms with Crippen molar-refractivity contribution in [3.8, 4) is 0 Å². The quantitative estimate of drug-likeness (QED) is 0.429. The monoisotopic (exact) mass is 372 g/mol. The SMILES string of the molecule is CCC[CH2][Ge+]([CH2]CCC)[CH2]CCC.[I-]. The summed E-state index contributed by atoms with van der Waals surface area (Å²) in [5.41, 5.74) is 0. The van der Waals surface area contributed by atoms with Gasteiger partial charge in [0.25, 0.3) is 0 Å². The van der Waals surface area contributed by atoms with E-state index in [0.29, 0.717) is 0 Å². The molecule has 0 fully saturated rings. The number of halogens is 1. The molecule has 2 heteroatoms. The zero-order valence-electron chi connectivity index (χ0n) is 10.2. The molecule has 0 aromatic carbocycles. The van der Waals surface area contributed by atoms with Crippen molar-refractivity contribution in [1.29, 1.82) is 0 Å². The summed E-state index contributed by atoms with van der Waals surface area (Å²) in [6.07, 6.45) is 8.78. The molecule has 0 N–H and O–H groups in total. The van der Waals surface area contributed by atoms with Gasteiger partial charge in [0.1, 0.15) is 0 Å². The predicted molar refractivity (Wildman–Crippen MR) is 64.9 cm³/mol. The Bertz CT molecular complexity index is 77.3. The van der Waals surface area contributed by atoms with E-state index in [1.54, 1.807) is 15.8 Å². The third-order valence-corrected chi connectivity index (χ3v) is 9.33. The molecule has 0 radical (unpaired) electrons. The second-order valence-electron chi connectivity index (χ2n) is 4.06. The van der Waals surface area contributed by atoms with Gasteiger partial charge in [0.2, 0.25) is 0 Å². The molecule has 0 aromatic rings. The maximum Gasteiger partial charge on any atom is -1.00 e. The third kappa shape index (κ3) is 11.3. The van der Waals surface area contributed by atoms with E-state index in [-0.39, 0.29) is 24.0 Å². The van der Waals surface area contributed by atoms with Gasteiger partial charge < -0.3 is 24.0 Å². The molecular weight excluding hydrogens is 344 g/mol. The first-order chi connectivity index (χ1) is 6.35. The number of unbranched alkanes of at least 4 members (excludes halogenated alkanes) is 3. The van der Waals surface area contributed by atoms with Gasteiger partial charge in [0.05, 0.1) is 0 Å². The summed E-state index contributed by atoms with van der Waals surface area (Å²) in [7, 11) is 0. The fourth-order valence-electron chi connectivity index (χ4n) is 1.66. The van der Waals surface area contributed by atoms with Crippen LogP contribution in [0.3, 0.4) is 0 Å². The molecule has 0 spiro atoms. The van der Waals surface area contributed by atoms with Crippen molar-refractivity contribution in [2.75, 3.05) is 0 Å². The van der Waals surface area contributed by atoms with Crippen LogP contribution in [-0.4, -0.2) is 14.3 Å². The van der Waals surface area contributed by atoms with Crippen molar-refractivity contribution >= 4 is 14.3 Å². The minimum absolute atomic E-state index is 0. The minimum Gasteiger partial charge on any atom is -1.00 e. The van der Waals surface area contributed by atoms with E-state index in [0.717, 1.165) is 0 Å². The molecule has 0 heterocycles. The van der Waals surface area contributed by atoms with Gasteiger partial charge in [-0.1, -0.05) is 0 Å². The summed E-state index contributed by atoms with van der Waals surface area (Å²) in [4.78, 5) is 0. The van der Waals surface area contributed by atoms with Crippen molar-refractivity contribution in [2.45, 2.75) is 75.1 Å². The minimum atomic E-state index is -0.552. The fraction of sp³-hybridized carbons (Fsp3) is 1.00. The first-order valence-electron chi connectivity index (χ1n) is 6.18. The molecule has 0 rings (SSSR count). The van der Waals surface area contributed by atoms with Crippen molar-refractivity contribution < 1.29 is 24.0 Å². The average Bonchev–Trinajstić information content (AvgIpc) is 2.17. The second kappa shape index (κ2) is 14.3. The fourth-order valence-corrected chi connectivity index (χ4v) is 8.60. The molecule has 0 saturated heterocycles. The van der Waals surface area contributed by atoms with Crippen LogP contribution in [0.4, 0.5) is 0 Å². The predicted octanol–water partition coefficient (Wildman–Crippen LogP) is 1.89. The molecule has 14 heavy (non-hydrogen) atoms. The summed E-state index contributed by atoms with van der Waals surface area (Å²) in [5.74, 6) is 0. The normalized spacial score (nSPS) is 9.64. The van der Waals surface area contributed by atoms with E-state index >= 15 is 0 Å². The van der Waals surface area contributed by atoms with Crippen LogP contribution in [0.25, 0.3) is 0 Å². The molecule has 0 atom stereocenters. The van der Waals surface area contributed by atoms with Crippen LogP contribution >= 0.6 is 0 Å². The Labute approximate surface area is 113 Å². The van der Waals surface area contributed by atoms with E-state index in [1.807, 2.05) is 0 Å². The zero-order valence-corrected chi connectivity index (χ0v) is 14.5. The molecule has 0 amide bonds. The van der Waals surface area contributed by atoms with Crippen LogP contribution in [0.15, 0.2) is 0 Å². The van der Waals surface area contributed by atoms with Crippen LogP contribution in [0.2, 0.25) is 15.8 Å². The van der Waals surface area contributed by atoms with E-state index in [9.17, 15) is 0 Å². The summed E-state index contributed by atoms with van der Waals surface area (Å²) in [6, 6.07) is 0. The van der Waals surface area contributed by atoms with Crippen molar-refractivity contribution in [2.24, 2.45) is 0 Å². The molecule has 0 saturated carbocycles. The van der Waals surface area contributed by atoms with Gasteiger partial charge in [-0.2, -0.15) is 0 Å². The van der Waals surface area contributed by atoms with Crippen molar-refractivity contribution in [3.05, 3.63) is 0 Å². The first kappa shape index (κ1) is 17.7. The number of hydrogen-bond acceptors (Lipinski definition) is 0. The maximum atomic E-state index is 2.33. The van der Waals surface area contributed by atoms with E-state index in [1.165, 1.54) is 38.5 Å². The van der Waals surface area contributed by atoms with E-state index in [2.05, 4.69) is 20.8 Å². The molecule has 0 aliphatic carbocycles. The van der Waals surface area contributed by atoms with Crippen LogP contribution in [0.5, 0.6) is 0 Å². The Hall–Kier alpha value is 1.27. The van der Waals surface area contributed by atoms with Crippen molar-refractivity contribution in [3.63, 3.8) is 0 Å². The van der Waals surface area contributed by atoms with Gasteiger partial charge in [-0.25, -0.2) is 0 Å². The van der Waals surface area contributed by atoms with Crippen LogP contribution in [0.1, 0.15) is 59.3 Å².